The summed E-state index contributed by atoms with van der Waals surface area (Å²) in [6.07, 6.45) is 3.07. The number of fused-ring (bicyclic) bond motifs is 1. The molecule has 1 atom stereocenters. The van der Waals surface area contributed by atoms with Gasteiger partial charge >= 0.3 is 0 Å². The summed E-state index contributed by atoms with van der Waals surface area (Å²) in [7, 11) is 1.67. The zero-order chi connectivity index (χ0) is 22.0. The third kappa shape index (κ3) is 4.09. The summed E-state index contributed by atoms with van der Waals surface area (Å²) < 4.78 is 10.9. The van der Waals surface area contributed by atoms with Crippen molar-refractivity contribution >= 4 is 17.0 Å². The standard InChI is InChI=1S/C24H25N3O4/c1-4-9-18-21-17(14-19(20-12-8-13-30-20)25-22(21)31-26-18)23(28)27(3)15-24(2,29)16-10-6-5-7-11-16/h5-8,10-14,29H,4,9,15H2,1-3H3. The van der Waals surface area contributed by atoms with Crippen molar-refractivity contribution in [3.05, 3.63) is 71.6 Å². The van der Waals surface area contributed by atoms with Gasteiger partial charge in [0, 0.05) is 7.05 Å². The zero-order valence-corrected chi connectivity index (χ0v) is 17.8. The van der Waals surface area contributed by atoms with E-state index in [1.165, 1.54) is 4.90 Å². The fourth-order valence-corrected chi connectivity index (χ4v) is 3.76. The summed E-state index contributed by atoms with van der Waals surface area (Å²) in [5.41, 5.74) is 1.44. The van der Waals surface area contributed by atoms with Crippen LogP contribution in [0.1, 0.15) is 41.9 Å². The van der Waals surface area contributed by atoms with E-state index >= 15 is 0 Å². The Bertz CT molecular complexity index is 1180. The number of amides is 1. The third-order valence-corrected chi connectivity index (χ3v) is 5.30. The van der Waals surface area contributed by atoms with Crippen LogP contribution in [0.15, 0.2) is 63.7 Å². The lowest BCUT2D eigenvalue weighted by atomic mass is 9.95. The van der Waals surface area contributed by atoms with E-state index in [4.69, 9.17) is 8.94 Å². The molecule has 31 heavy (non-hydrogen) atoms. The molecule has 0 saturated heterocycles. The van der Waals surface area contributed by atoms with E-state index in [9.17, 15) is 9.90 Å². The summed E-state index contributed by atoms with van der Waals surface area (Å²) in [6.45, 7) is 3.85. The van der Waals surface area contributed by atoms with E-state index in [1.54, 1.807) is 38.4 Å². The Morgan fingerprint density at radius 1 is 1.19 bits per heavy atom. The molecule has 7 nitrogen and oxygen atoms in total. The monoisotopic (exact) mass is 419 g/mol. The Labute approximate surface area is 180 Å². The summed E-state index contributed by atoms with van der Waals surface area (Å²) in [6, 6.07) is 14.5. The molecule has 0 aliphatic heterocycles. The van der Waals surface area contributed by atoms with E-state index in [1.807, 2.05) is 37.3 Å². The van der Waals surface area contributed by atoms with Gasteiger partial charge in [0.25, 0.3) is 11.6 Å². The van der Waals surface area contributed by atoms with Gasteiger partial charge in [0.2, 0.25) is 0 Å². The third-order valence-electron chi connectivity index (χ3n) is 5.30. The fraction of sp³-hybridized carbons (Fsp3) is 0.292. The molecule has 0 aliphatic rings. The Morgan fingerprint density at radius 2 is 1.97 bits per heavy atom. The molecule has 7 heteroatoms. The molecule has 0 fully saturated rings. The normalized spacial score (nSPS) is 13.3. The van der Waals surface area contributed by atoms with Crippen LogP contribution in [0.25, 0.3) is 22.6 Å². The van der Waals surface area contributed by atoms with Crippen molar-refractivity contribution in [2.24, 2.45) is 0 Å². The topological polar surface area (TPSA) is 92.6 Å². The second kappa shape index (κ2) is 8.35. The first-order valence-corrected chi connectivity index (χ1v) is 10.3. The number of aliphatic hydroxyl groups is 1. The molecule has 4 aromatic rings. The van der Waals surface area contributed by atoms with Crippen LogP contribution >= 0.6 is 0 Å². The number of furan rings is 1. The SMILES string of the molecule is CCCc1noc2nc(-c3ccco3)cc(C(=O)N(C)CC(C)(O)c3ccccc3)c12. The van der Waals surface area contributed by atoms with E-state index < -0.39 is 5.60 Å². The average molecular weight is 419 g/mol. The van der Waals surface area contributed by atoms with Gasteiger partial charge in [0.15, 0.2) is 5.76 Å². The first-order valence-electron chi connectivity index (χ1n) is 10.3. The molecule has 0 bridgehead atoms. The van der Waals surface area contributed by atoms with Crippen LogP contribution in [-0.2, 0) is 12.0 Å². The number of hydrogen-bond donors (Lipinski definition) is 1. The molecule has 3 heterocycles. The molecule has 3 aromatic heterocycles. The second-order valence-corrected chi connectivity index (χ2v) is 7.89. The van der Waals surface area contributed by atoms with Crippen molar-refractivity contribution < 1.29 is 18.8 Å². The second-order valence-electron chi connectivity index (χ2n) is 7.89. The maximum atomic E-state index is 13.5. The molecule has 4 rings (SSSR count). The van der Waals surface area contributed by atoms with Gasteiger partial charge in [-0.25, -0.2) is 4.98 Å². The Kier molecular flexibility index (Phi) is 5.61. The van der Waals surface area contributed by atoms with Gasteiger partial charge < -0.3 is 18.9 Å². The quantitative estimate of drug-likeness (QED) is 0.477. The van der Waals surface area contributed by atoms with Crippen LogP contribution in [0, 0.1) is 0 Å². The number of aromatic nitrogens is 2. The molecular weight excluding hydrogens is 394 g/mol. The first kappa shape index (κ1) is 20.8. The molecule has 0 spiro atoms. The van der Waals surface area contributed by atoms with E-state index in [0.717, 1.165) is 12.0 Å². The highest BCUT2D eigenvalue weighted by Crippen LogP contribution is 2.30. The summed E-state index contributed by atoms with van der Waals surface area (Å²) in [5.74, 6) is 0.278. The predicted molar refractivity (Wildman–Crippen MR) is 116 cm³/mol. The fourth-order valence-electron chi connectivity index (χ4n) is 3.76. The highest BCUT2D eigenvalue weighted by atomic mass is 16.5. The highest BCUT2D eigenvalue weighted by Gasteiger charge is 2.29. The van der Waals surface area contributed by atoms with Crippen molar-refractivity contribution in [3.63, 3.8) is 0 Å². The van der Waals surface area contributed by atoms with E-state index in [0.29, 0.717) is 40.2 Å². The van der Waals surface area contributed by atoms with E-state index in [2.05, 4.69) is 10.1 Å². The lowest BCUT2D eigenvalue weighted by Gasteiger charge is -2.29. The lowest BCUT2D eigenvalue weighted by Crippen LogP contribution is -2.40. The summed E-state index contributed by atoms with van der Waals surface area (Å²) in [5, 5.41) is 15.8. The summed E-state index contributed by atoms with van der Waals surface area (Å²) in [4.78, 5) is 19.5. The number of hydrogen-bond acceptors (Lipinski definition) is 6. The molecule has 1 N–H and O–H groups in total. The minimum atomic E-state index is -1.21. The number of benzene rings is 1. The molecule has 1 unspecified atom stereocenters. The Balaban J connectivity index is 1.74. The molecule has 0 aliphatic carbocycles. The van der Waals surface area contributed by atoms with Crippen LogP contribution in [0.3, 0.4) is 0 Å². The van der Waals surface area contributed by atoms with Crippen LogP contribution in [0.2, 0.25) is 0 Å². The van der Waals surface area contributed by atoms with Crippen LogP contribution < -0.4 is 0 Å². The lowest BCUT2D eigenvalue weighted by molar-refractivity contribution is 0.0214. The summed E-state index contributed by atoms with van der Waals surface area (Å²) >= 11 is 0. The highest BCUT2D eigenvalue weighted by molar-refractivity contribution is 6.06. The number of pyridine rings is 1. The largest absolute Gasteiger partial charge is 0.463 e. The minimum Gasteiger partial charge on any atom is -0.463 e. The van der Waals surface area contributed by atoms with Crippen molar-refractivity contribution in [1.29, 1.82) is 0 Å². The smallest absolute Gasteiger partial charge is 0.259 e. The number of nitrogens with zero attached hydrogens (tertiary/aromatic N) is 3. The number of aryl methyl sites for hydroxylation is 1. The maximum absolute atomic E-state index is 13.5. The molecule has 0 saturated carbocycles. The van der Waals surface area contributed by atoms with Crippen LogP contribution in [0.4, 0.5) is 0 Å². The molecule has 1 amide bonds. The van der Waals surface area contributed by atoms with Crippen LogP contribution in [0.5, 0.6) is 0 Å². The van der Waals surface area contributed by atoms with Gasteiger partial charge in [-0.05, 0) is 37.1 Å². The van der Waals surface area contributed by atoms with Crippen molar-refractivity contribution in [2.45, 2.75) is 32.3 Å². The zero-order valence-electron chi connectivity index (χ0n) is 17.8. The van der Waals surface area contributed by atoms with Gasteiger partial charge in [-0.3, -0.25) is 4.79 Å². The van der Waals surface area contributed by atoms with Gasteiger partial charge in [0.1, 0.15) is 11.3 Å². The van der Waals surface area contributed by atoms with Crippen LogP contribution in [-0.4, -0.2) is 39.6 Å². The van der Waals surface area contributed by atoms with E-state index in [-0.39, 0.29) is 12.5 Å². The number of likely N-dealkylation sites (N-methyl/N-ethyl adjacent to an activating group) is 1. The molecule has 1 aromatic carbocycles. The van der Waals surface area contributed by atoms with Gasteiger partial charge in [-0.2, -0.15) is 0 Å². The number of carbonyl (C=O) groups excluding carboxylic acids is 1. The first-order chi connectivity index (χ1) is 14.9. The molecule has 0 radical (unpaired) electrons. The minimum absolute atomic E-state index is 0.115. The Morgan fingerprint density at radius 3 is 2.65 bits per heavy atom. The van der Waals surface area contributed by atoms with Gasteiger partial charge in [-0.15, -0.1) is 0 Å². The van der Waals surface area contributed by atoms with Crippen molar-refractivity contribution in [3.8, 4) is 11.5 Å². The van der Waals surface area contributed by atoms with Crippen molar-refractivity contribution in [1.82, 2.24) is 15.0 Å². The van der Waals surface area contributed by atoms with Gasteiger partial charge in [0.05, 0.1) is 29.5 Å². The average Bonchev–Trinajstić information content (AvgIpc) is 3.44. The number of carbonyl (C=O) groups is 1. The molecular formula is C24H25N3O4. The van der Waals surface area contributed by atoms with Gasteiger partial charge in [-0.1, -0.05) is 48.8 Å². The Hall–Kier alpha value is -3.45. The molecule has 160 valence electrons. The number of rotatable bonds is 7. The maximum Gasteiger partial charge on any atom is 0.259 e. The predicted octanol–water partition coefficient (Wildman–Crippen LogP) is 4.42. The van der Waals surface area contributed by atoms with Crippen molar-refractivity contribution in [2.75, 3.05) is 13.6 Å².